The number of aromatic nitrogens is 3. The molecule has 0 aliphatic rings. The Balaban J connectivity index is 2.44. The van der Waals surface area contributed by atoms with Crippen LogP contribution >= 0.6 is 11.6 Å². The van der Waals surface area contributed by atoms with E-state index in [0.717, 1.165) is 23.5 Å². The van der Waals surface area contributed by atoms with Gasteiger partial charge in [-0.05, 0) is 31.9 Å². The molecule has 17 heavy (non-hydrogen) atoms. The van der Waals surface area contributed by atoms with Crippen LogP contribution in [0.15, 0.2) is 24.5 Å². The van der Waals surface area contributed by atoms with Gasteiger partial charge < -0.3 is 5.73 Å². The fourth-order valence-corrected chi connectivity index (χ4v) is 1.82. The molecule has 0 bridgehead atoms. The van der Waals surface area contributed by atoms with Crippen LogP contribution in [0.2, 0.25) is 5.02 Å². The fourth-order valence-electron chi connectivity index (χ4n) is 1.69. The van der Waals surface area contributed by atoms with Gasteiger partial charge in [-0.15, -0.1) is 0 Å². The number of aryl methyl sites for hydroxylation is 1. The Hall–Kier alpha value is -1.39. The zero-order valence-electron chi connectivity index (χ0n) is 9.89. The highest BCUT2D eigenvalue weighted by Gasteiger charge is 2.10. The monoisotopic (exact) mass is 250 g/mol. The number of pyridine rings is 1. The Morgan fingerprint density at radius 3 is 2.88 bits per heavy atom. The van der Waals surface area contributed by atoms with E-state index in [2.05, 4.69) is 10.1 Å². The molecule has 2 aromatic rings. The minimum absolute atomic E-state index is 0.0880. The van der Waals surface area contributed by atoms with Crippen molar-refractivity contribution in [3.63, 3.8) is 0 Å². The Kier molecular flexibility index (Phi) is 3.45. The second-order valence-electron chi connectivity index (χ2n) is 4.17. The van der Waals surface area contributed by atoms with Crippen LogP contribution in [0.4, 0.5) is 0 Å². The Morgan fingerprint density at radius 2 is 2.29 bits per heavy atom. The molecular weight excluding hydrogens is 236 g/mol. The van der Waals surface area contributed by atoms with E-state index in [1.807, 2.05) is 26.0 Å². The maximum absolute atomic E-state index is 6.00. The average molecular weight is 251 g/mol. The van der Waals surface area contributed by atoms with Crippen molar-refractivity contribution in [2.45, 2.75) is 26.3 Å². The van der Waals surface area contributed by atoms with Crippen molar-refractivity contribution < 1.29 is 0 Å². The fraction of sp³-hybridized carbons (Fsp3) is 0.333. The molecular formula is C12H15ClN4. The molecule has 90 valence electrons. The summed E-state index contributed by atoms with van der Waals surface area (Å²) in [6.45, 7) is 3.84. The van der Waals surface area contributed by atoms with Gasteiger partial charge in [0.15, 0.2) is 5.82 Å². The first kappa shape index (κ1) is 12.1. The van der Waals surface area contributed by atoms with Crippen molar-refractivity contribution in [1.82, 2.24) is 14.8 Å². The molecule has 5 heteroatoms. The van der Waals surface area contributed by atoms with E-state index in [1.165, 1.54) is 0 Å². The maximum atomic E-state index is 6.00. The predicted molar refractivity (Wildman–Crippen MR) is 68.5 cm³/mol. The zero-order valence-corrected chi connectivity index (χ0v) is 10.6. The average Bonchev–Trinajstić information content (AvgIpc) is 2.59. The Morgan fingerprint density at radius 1 is 1.53 bits per heavy atom. The Bertz CT molecular complexity index is 499. The summed E-state index contributed by atoms with van der Waals surface area (Å²) < 4.78 is 1.70. The molecule has 0 fully saturated rings. The van der Waals surface area contributed by atoms with Crippen molar-refractivity contribution >= 4 is 11.6 Å². The molecule has 0 aromatic carbocycles. The van der Waals surface area contributed by atoms with E-state index in [-0.39, 0.29) is 6.04 Å². The summed E-state index contributed by atoms with van der Waals surface area (Å²) in [7, 11) is 0. The second kappa shape index (κ2) is 4.85. The molecule has 0 saturated heterocycles. The van der Waals surface area contributed by atoms with E-state index >= 15 is 0 Å². The minimum Gasteiger partial charge on any atom is -0.328 e. The van der Waals surface area contributed by atoms with E-state index in [1.54, 1.807) is 17.1 Å². The van der Waals surface area contributed by atoms with Crippen LogP contribution in [0.3, 0.4) is 0 Å². The molecule has 2 aromatic heterocycles. The SMILES string of the molecule is Cc1nn(-c2ncccc2CC(C)N)cc1Cl. The summed E-state index contributed by atoms with van der Waals surface area (Å²) >= 11 is 6.00. The number of hydrogen-bond acceptors (Lipinski definition) is 3. The number of nitrogens with two attached hydrogens (primary N) is 1. The third-order valence-corrected chi connectivity index (χ3v) is 2.84. The number of rotatable bonds is 3. The highest BCUT2D eigenvalue weighted by molar-refractivity contribution is 6.31. The molecule has 4 nitrogen and oxygen atoms in total. The first-order chi connectivity index (χ1) is 8.08. The standard InChI is InChI=1S/C12H15ClN4/c1-8(14)6-10-4-3-5-15-12(10)17-7-11(13)9(2)16-17/h3-5,7-8H,6,14H2,1-2H3. The summed E-state index contributed by atoms with van der Waals surface area (Å²) in [5.74, 6) is 0.791. The molecule has 0 spiro atoms. The maximum Gasteiger partial charge on any atom is 0.156 e. The van der Waals surface area contributed by atoms with E-state index in [9.17, 15) is 0 Å². The van der Waals surface area contributed by atoms with Gasteiger partial charge in [-0.2, -0.15) is 5.10 Å². The number of halogens is 1. The van der Waals surface area contributed by atoms with E-state index in [0.29, 0.717) is 5.02 Å². The summed E-state index contributed by atoms with van der Waals surface area (Å²) in [6.07, 6.45) is 4.27. The van der Waals surface area contributed by atoms with Crippen molar-refractivity contribution in [2.24, 2.45) is 5.73 Å². The lowest BCUT2D eigenvalue weighted by atomic mass is 10.1. The predicted octanol–water partition coefficient (Wildman–Crippen LogP) is 2.12. The smallest absolute Gasteiger partial charge is 0.156 e. The third-order valence-electron chi connectivity index (χ3n) is 2.47. The lowest BCUT2D eigenvalue weighted by molar-refractivity contribution is 0.719. The van der Waals surface area contributed by atoms with E-state index in [4.69, 9.17) is 17.3 Å². The number of nitrogens with zero attached hydrogens (tertiary/aromatic N) is 3. The van der Waals surface area contributed by atoms with Crippen molar-refractivity contribution in [2.75, 3.05) is 0 Å². The summed E-state index contributed by atoms with van der Waals surface area (Å²) in [5.41, 5.74) is 7.69. The molecule has 2 N–H and O–H groups in total. The highest BCUT2D eigenvalue weighted by Crippen LogP contribution is 2.18. The molecule has 0 radical (unpaired) electrons. The van der Waals surface area contributed by atoms with Crippen LogP contribution in [-0.4, -0.2) is 20.8 Å². The first-order valence-corrected chi connectivity index (χ1v) is 5.87. The lowest BCUT2D eigenvalue weighted by Crippen LogP contribution is -2.19. The molecule has 2 heterocycles. The van der Waals surface area contributed by atoms with Crippen LogP contribution in [-0.2, 0) is 6.42 Å². The topological polar surface area (TPSA) is 56.7 Å². The molecule has 0 saturated carbocycles. The van der Waals surface area contributed by atoms with E-state index < -0.39 is 0 Å². The van der Waals surface area contributed by atoms with Gasteiger partial charge in [-0.25, -0.2) is 9.67 Å². The highest BCUT2D eigenvalue weighted by atomic mass is 35.5. The molecule has 2 rings (SSSR count). The molecule has 1 unspecified atom stereocenters. The van der Waals surface area contributed by atoms with Crippen LogP contribution < -0.4 is 5.73 Å². The molecule has 1 atom stereocenters. The molecule has 0 aliphatic heterocycles. The minimum atomic E-state index is 0.0880. The van der Waals surface area contributed by atoms with Gasteiger partial charge in [-0.1, -0.05) is 17.7 Å². The quantitative estimate of drug-likeness (QED) is 0.908. The molecule has 0 aliphatic carbocycles. The number of hydrogen-bond donors (Lipinski definition) is 1. The van der Waals surface area contributed by atoms with Crippen LogP contribution in [0.5, 0.6) is 0 Å². The Labute approximate surface area is 105 Å². The van der Waals surface area contributed by atoms with Crippen molar-refractivity contribution in [3.05, 3.63) is 40.8 Å². The van der Waals surface area contributed by atoms with Crippen molar-refractivity contribution in [1.29, 1.82) is 0 Å². The lowest BCUT2D eigenvalue weighted by Gasteiger charge is -2.10. The summed E-state index contributed by atoms with van der Waals surface area (Å²) in [4.78, 5) is 4.34. The van der Waals surface area contributed by atoms with Crippen LogP contribution in [0.25, 0.3) is 5.82 Å². The normalized spacial score (nSPS) is 12.7. The summed E-state index contributed by atoms with van der Waals surface area (Å²) in [5, 5.41) is 4.97. The van der Waals surface area contributed by atoms with Crippen LogP contribution in [0.1, 0.15) is 18.2 Å². The van der Waals surface area contributed by atoms with Gasteiger partial charge in [-0.3, -0.25) is 0 Å². The first-order valence-electron chi connectivity index (χ1n) is 5.49. The van der Waals surface area contributed by atoms with Gasteiger partial charge in [0.2, 0.25) is 0 Å². The third kappa shape index (κ3) is 2.65. The van der Waals surface area contributed by atoms with Gasteiger partial charge in [0.25, 0.3) is 0 Å². The van der Waals surface area contributed by atoms with Gasteiger partial charge in [0.05, 0.1) is 16.9 Å². The van der Waals surface area contributed by atoms with Gasteiger partial charge in [0, 0.05) is 12.2 Å². The van der Waals surface area contributed by atoms with Crippen LogP contribution in [0, 0.1) is 6.92 Å². The second-order valence-corrected chi connectivity index (χ2v) is 4.58. The largest absolute Gasteiger partial charge is 0.328 e. The molecule has 0 amide bonds. The van der Waals surface area contributed by atoms with Gasteiger partial charge >= 0.3 is 0 Å². The summed E-state index contributed by atoms with van der Waals surface area (Å²) in [6, 6.07) is 4.00. The van der Waals surface area contributed by atoms with Crippen molar-refractivity contribution in [3.8, 4) is 5.82 Å². The van der Waals surface area contributed by atoms with Gasteiger partial charge in [0.1, 0.15) is 0 Å². The zero-order chi connectivity index (χ0) is 12.4.